The van der Waals surface area contributed by atoms with Gasteiger partial charge in [0.25, 0.3) is 0 Å². The SMILES string of the molecule is N=C(N)c1ccc(C#CCCCN2CCN(CCCCCN=C(N)N)CC2)cc1. The molecule has 0 amide bonds. The summed E-state index contributed by atoms with van der Waals surface area (Å²) in [5.74, 6) is 6.72. The zero-order chi connectivity index (χ0) is 20.9. The minimum absolute atomic E-state index is 0.0902. The maximum Gasteiger partial charge on any atom is 0.185 e. The molecule has 0 radical (unpaired) electrons. The van der Waals surface area contributed by atoms with Crippen LogP contribution in [0.2, 0.25) is 0 Å². The molecule has 1 aromatic carbocycles. The number of benzene rings is 1. The summed E-state index contributed by atoms with van der Waals surface area (Å²) in [5, 5.41) is 7.40. The number of nitrogens with zero attached hydrogens (tertiary/aromatic N) is 3. The van der Waals surface area contributed by atoms with E-state index in [1.165, 1.54) is 19.4 Å². The second-order valence-electron chi connectivity index (χ2n) is 7.45. The molecule has 1 fully saturated rings. The molecule has 0 bridgehead atoms. The number of piperazine rings is 1. The van der Waals surface area contributed by atoms with Gasteiger partial charge in [0.2, 0.25) is 0 Å². The first kappa shape index (κ1) is 22.7. The molecular formula is C22H35N7. The van der Waals surface area contributed by atoms with E-state index in [0.29, 0.717) is 0 Å². The second-order valence-corrected chi connectivity index (χ2v) is 7.45. The Kier molecular flexibility index (Phi) is 10.0. The highest BCUT2D eigenvalue weighted by Crippen LogP contribution is 2.07. The molecule has 7 nitrogen and oxygen atoms in total. The van der Waals surface area contributed by atoms with Gasteiger partial charge in [-0.25, -0.2) is 0 Å². The minimum Gasteiger partial charge on any atom is -0.384 e. The van der Waals surface area contributed by atoms with E-state index < -0.39 is 0 Å². The van der Waals surface area contributed by atoms with Crippen LogP contribution in [-0.2, 0) is 0 Å². The van der Waals surface area contributed by atoms with Crippen molar-refractivity contribution in [1.29, 1.82) is 5.41 Å². The van der Waals surface area contributed by atoms with Gasteiger partial charge in [0, 0.05) is 50.3 Å². The predicted molar refractivity (Wildman–Crippen MR) is 121 cm³/mol. The van der Waals surface area contributed by atoms with Crippen molar-refractivity contribution < 1.29 is 0 Å². The standard InChI is InChI=1S/C22H35N7/c23-21(24)20-10-8-19(9-11-20)7-3-1-5-13-28-15-17-29(18-16-28)14-6-2-4-12-27-22(25)26/h8-11H,1-2,4-6,12-18H2,(H3,23,24)(H4,25,26,27). The maximum absolute atomic E-state index is 7.40. The van der Waals surface area contributed by atoms with Crippen LogP contribution in [0.5, 0.6) is 0 Å². The van der Waals surface area contributed by atoms with E-state index in [-0.39, 0.29) is 11.8 Å². The van der Waals surface area contributed by atoms with Gasteiger partial charge >= 0.3 is 0 Å². The summed E-state index contributed by atoms with van der Waals surface area (Å²) in [6.45, 7) is 7.63. The van der Waals surface area contributed by atoms with Crippen molar-refractivity contribution in [2.24, 2.45) is 22.2 Å². The van der Waals surface area contributed by atoms with Crippen molar-refractivity contribution >= 4 is 11.8 Å². The third-order valence-electron chi connectivity index (χ3n) is 5.10. The minimum atomic E-state index is 0.0902. The summed E-state index contributed by atoms with van der Waals surface area (Å²) in [6, 6.07) is 7.53. The van der Waals surface area contributed by atoms with E-state index in [0.717, 1.165) is 69.7 Å². The summed E-state index contributed by atoms with van der Waals surface area (Å²) in [7, 11) is 0. The number of unbranched alkanes of at least 4 members (excludes halogenated alkanes) is 3. The molecule has 158 valence electrons. The molecule has 0 aromatic heterocycles. The van der Waals surface area contributed by atoms with Crippen LogP contribution in [0, 0.1) is 17.3 Å². The Hall–Kier alpha value is -2.56. The number of nitrogens with one attached hydrogen (secondary N) is 1. The molecule has 7 heteroatoms. The Morgan fingerprint density at radius 1 is 0.897 bits per heavy atom. The van der Waals surface area contributed by atoms with Crippen LogP contribution in [0.15, 0.2) is 29.3 Å². The van der Waals surface area contributed by atoms with Crippen molar-refractivity contribution in [2.45, 2.75) is 32.1 Å². The monoisotopic (exact) mass is 397 g/mol. The molecule has 2 rings (SSSR count). The Morgan fingerprint density at radius 3 is 2.10 bits per heavy atom. The molecule has 1 aromatic rings. The molecule has 1 aliphatic heterocycles. The fourth-order valence-electron chi connectivity index (χ4n) is 3.36. The van der Waals surface area contributed by atoms with Gasteiger partial charge in [-0.2, -0.15) is 0 Å². The van der Waals surface area contributed by atoms with Gasteiger partial charge < -0.3 is 27.0 Å². The number of guanidine groups is 1. The Balaban J connectivity index is 1.53. The lowest BCUT2D eigenvalue weighted by Crippen LogP contribution is -2.46. The molecule has 0 unspecified atom stereocenters. The summed E-state index contributed by atoms with van der Waals surface area (Å²) in [6.07, 6.45) is 5.45. The maximum atomic E-state index is 7.40. The lowest BCUT2D eigenvalue weighted by Gasteiger charge is -2.34. The van der Waals surface area contributed by atoms with Crippen LogP contribution in [0.4, 0.5) is 0 Å². The smallest absolute Gasteiger partial charge is 0.185 e. The molecule has 1 saturated heterocycles. The normalized spacial score (nSPS) is 14.8. The third-order valence-corrected chi connectivity index (χ3v) is 5.10. The number of amidine groups is 1. The number of rotatable bonds is 10. The van der Waals surface area contributed by atoms with Crippen LogP contribution in [-0.4, -0.2) is 67.4 Å². The van der Waals surface area contributed by atoms with Gasteiger partial charge in [0.05, 0.1) is 0 Å². The van der Waals surface area contributed by atoms with Gasteiger partial charge in [-0.05, 0) is 44.5 Å². The first-order chi connectivity index (χ1) is 14.0. The summed E-state index contributed by atoms with van der Waals surface area (Å²) < 4.78 is 0. The first-order valence-electron chi connectivity index (χ1n) is 10.5. The Labute approximate surface area is 174 Å². The number of hydrogen-bond donors (Lipinski definition) is 4. The van der Waals surface area contributed by atoms with Crippen molar-refractivity contribution in [3.05, 3.63) is 35.4 Å². The molecule has 1 aliphatic rings. The van der Waals surface area contributed by atoms with Crippen molar-refractivity contribution in [3.63, 3.8) is 0 Å². The molecule has 1 heterocycles. The zero-order valence-electron chi connectivity index (χ0n) is 17.4. The van der Waals surface area contributed by atoms with E-state index in [1.807, 2.05) is 24.3 Å². The first-order valence-corrected chi connectivity index (χ1v) is 10.5. The fourth-order valence-corrected chi connectivity index (χ4v) is 3.36. The second kappa shape index (κ2) is 12.8. The van der Waals surface area contributed by atoms with Crippen LogP contribution in [0.25, 0.3) is 0 Å². The van der Waals surface area contributed by atoms with Gasteiger partial charge in [-0.3, -0.25) is 10.4 Å². The van der Waals surface area contributed by atoms with E-state index >= 15 is 0 Å². The van der Waals surface area contributed by atoms with Crippen LogP contribution in [0.3, 0.4) is 0 Å². The third kappa shape index (κ3) is 9.46. The van der Waals surface area contributed by atoms with Crippen molar-refractivity contribution in [1.82, 2.24) is 9.80 Å². The number of nitrogens with two attached hydrogens (primary N) is 3. The highest BCUT2D eigenvalue weighted by atomic mass is 15.3. The van der Waals surface area contributed by atoms with E-state index in [2.05, 4.69) is 26.6 Å². The van der Waals surface area contributed by atoms with Gasteiger partial charge in [-0.1, -0.05) is 30.4 Å². The molecular weight excluding hydrogens is 362 g/mol. The number of nitrogen functional groups attached to an aromatic ring is 1. The van der Waals surface area contributed by atoms with E-state index in [4.69, 9.17) is 22.6 Å². The highest BCUT2D eigenvalue weighted by molar-refractivity contribution is 5.94. The van der Waals surface area contributed by atoms with Gasteiger partial charge in [0.1, 0.15) is 5.84 Å². The number of hydrogen-bond acceptors (Lipinski definition) is 4. The van der Waals surface area contributed by atoms with Crippen LogP contribution in [0.1, 0.15) is 43.2 Å². The quantitative estimate of drug-likeness (QED) is 0.204. The molecule has 0 spiro atoms. The Bertz CT molecular complexity index is 703. The van der Waals surface area contributed by atoms with E-state index in [1.54, 1.807) is 0 Å². The average molecular weight is 398 g/mol. The van der Waals surface area contributed by atoms with Crippen LogP contribution >= 0.6 is 0 Å². The predicted octanol–water partition coefficient (Wildman–Crippen LogP) is 1.16. The lowest BCUT2D eigenvalue weighted by atomic mass is 10.1. The van der Waals surface area contributed by atoms with Crippen LogP contribution < -0.4 is 17.2 Å². The molecule has 0 saturated carbocycles. The molecule has 0 aliphatic carbocycles. The zero-order valence-corrected chi connectivity index (χ0v) is 17.4. The van der Waals surface area contributed by atoms with Gasteiger partial charge in [-0.15, -0.1) is 0 Å². The highest BCUT2D eigenvalue weighted by Gasteiger charge is 2.15. The topological polar surface area (TPSA) is 121 Å². The molecule has 29 heavy (non-hydrogen) atoms. The fraction of sp³-hybridized carbons (Fsp3) is 0.545. The summed E-state index contributed by atoms with van der Waals surface area (Å²) in [4.78, 5) is 9.11. The van der Waals surface area contributed by atoms with E-state index in [9.17, 15) is 0 Å². The molecule has 0 atom stereocenters. The molecule has 7 N–H and O–H groups in total. The summed E-state index contributed by atoms with van der Waals surface area (Å²) >= 11 is 0. The lowest BCUT2D eigenvalue weighted by molar-refractivity contribution is 0.130. The largest absolute Gasteiger partial charge is 0.384 e. The van der Waals surface area contributed by atoms with Crippen molar-refractivity contribution in [3.8, 4) is 11.8 Å². The van der Waals surface area contributed by atoms with Crippen molar-refractivity contribution in [2.75, 3.05) is 45.8 Å². The average Bonchev–Trinajstić information content (AvgIpc) is 2.71. The number of aliphatic imine (C=N–C) groups is 1. The van der Waals surface area contributed by atoms with Gasteiger partial charge in [0.15, 0.2) is 5.96 Å². The summed E-state index contributed by atoms with van der Waals surface area (Å²) in [5.41, 5.74) is 17.8. The Morgan fingerprint density at radius 2 is 1.52 bits per heavy atom.